The summed E-state index contributed by atoms with van der Waals surface area (Å²) < 4.78 is 0. The van der Waals surface area contributed by atoms with E-state index in [1.807, 2.05) is 0 Å². The Morgan fingerprint density at radius 3 is 2.21 bits per heavy atom. The molecular weight excluding hydrogens is 262 g/mol. The number of carbonyl (C=O) groups excluding carboxylic acids is 2. The Bertz CT molecular complexity index is 357. The fourth-order valence-electron chi connectivity index (χ4n) is 2.53. The van der Waals surface area contributed by atoms with Crippen molar-refractivity contribution in [1.82, 2.24) is 10.2 Å². The van der Waals surface area contributed by atoms with Crippen LogP contribution in [0.25, 0.3) is 0 Å². The molecule has 0 saturated carbocycles. The minimum Gasteiger partial charge on any atom is -0.392 e. The maximum Gasteiger partial charge on any atom is 0.311 e. The van der Waals surface area contributed by atoms with E-state index in [2.05, 4.69) is 31.4 Å². The van der Waals surface area contributed by atoms with E-state index in [1.54, 1.807) is 4.90 Å². The summed E-state index contributed by atoms with van der Waals surface area (Å²) in [5.74, 6) is -1.09. The third kappa shape index (κ3) is 4.16. The maximum absolute atomic E-state index is 11.9. The molecule has 0 bridgehead atoms. The summed E-state index contributed by atoms with van der Waals surface area (Å²) in [6.45, 7) is 5.76. The van der Waals surface area contributed by atoms with Crippen molar-refractivity contribution in [3.8, 4) is 0 Å². The highest BCUT2D eigenvalue weighted by atomic mass is 32.1. The summed E-state index contributed by atoms with van der Waals surface area (Å²) in [4.78, 5) is 25.4. The van der Waals surface area contributed by atoms with Crippen LogP contribution in [0, 0.1) is 5.41 Å². The molecule has 1 heterocycles. The molecule has 0 aliphatic carbocycles. The third-order valence-electron chi connectivity index (χ3n) is 4.23. The third-order valence-corrected chi connectivity index (χ3v) is 4.37. The summed E-state index contributed by atoms with van der Waals surface area (Å²) in [7, 11) is 0. The Morgan fingerprint density at radius 1 is 1.26 bits per heavy atom. The molecular formula is C13H23N3O2S. The standard InChI is InChI=1S/C13H23N3O2S/c1-3-13(4-2)5-7-16(8-6-13)12(18)11(17)15-9-10(14)19/h3-9H2,1-2H3,(H2,14,19)(H,15,17). The van der Waals surface area contributed by atoms with E-state index in [9.17, 15) is 9.59 Å². The largest absolute Gasteiger partial charge is 0.392 e. The number of hydrogen-bond acceptors (Lipinski definition) is 3. The van der Waals surface area contributed by atoms with Crippen molar-refractivity contribution in [1.29, 1.82) is 0 Å². The Hall–Kier alpha value is -1.17. The molecule has 0 aromatic rings. The van der Waals surface area contributed by atoms with Crippen molar-refractivity contribution in [2.75, 3.05) is 19.6 Å². The SMILES string of the molecule is CCC1(CC)CCN(C(=O)C(=O)NCC(N)=S)CC1. The second kappa shape index (κ2) is 6.84. The molecule has 0 unspecified atom stereocenters. The van der Waals surface area contributed by atoms with Gasteiger partial charge in [0.25, 0.3) is 0 Å². The van der Waals surface area contributed by atoms with Gasteiger partial charge in [-0.2, -0.15) is 0 Å². The summed E-state index contributed by atoms with van der Waals surface area (Å²) in [5.41, 5.74) is 5.62. The molecule has 1 aliphatic heterocycles. The number of likely N-dealkylation sites (tertiary alicyclic amines) is 1. The number of amides is 2. The number of piperidine rings is 1. The van der Waals surface area contributed by atoms with E-state index in [-0.39, 0.29) is 11.5 Å². The number of nitrogens with zero attached hydrogens (tertiary/aromatic N) is 1. The van der Waals surface area contributed by atoms with Crippen LogP contribution in [-0.4, -0.2) is 41.3 Å². The van der Waals surface area contributed by atoms with Crippen LogP contribution < -0.4 is 11.1 Å². The van der Waals surface area contributed by atoms with Crippen LogP contribution in [0.5, 0.6) is 0 Å². The molecule has 5 nitrogen and oxygen atoms in total. The highest BCUT2D eigenvalue weighted by molar-refractivity contribution is 7.80. The first-order valence-electron chi connectivity index (χ1n) is 6.79. The number of nitrogens with one attached hydrogen (secondary N) is 1. The van der Waals surface area contributed by atoms with E-state index in [1.165, 1.54) is 0 Å². The van der Waals surface area contributed by atoms with Gasteiger partial charge in [0.15, 0.2) is 0 Å². The van der Waals surface area contributed by atoms with Crippen molar-refractivity contribution >= 4 is 29.0 Å². The first-order chi connectivity index (χ1) is 8.94. The Balaban J connectivity index is 2.48. The van der Waals surface area contributed by atoms with E-state index in [0.717, 1.165) is 25.7 Å². The molecule has 1 fully saturated rings. The van der Waals surface area contributed by atoms with Gasteiger partial charge in [-0.1, -0.05) is 38.9 Å². The molecule has 0 spiro atoms. The summed E-state index contributed by atoms with van der Waals surface area (Å²) >= 11 is 4.66. The van der Waals surface area contributed by atoms with Crippen LogP contribution in [0.2, 0.25) is 0 Å². The normalized spacial score (nSPS) is 17.9. The fourth-order valence-corrected chi connectivity index (χ4v) is 2.60. The van der Waals surface area contributed by atoms with Crippen LogP contribution in [-0.2, 0) is 9.59 Å². The number of thiocarbonyl (C=S) groups is 1. The van der Waals surface area contributed by atoms with Crippen LogP contribution in [0.15, 0.2) is 0 Å². The van der Waals surface area contributed by atoms with E-state index in [4.69, 9.17) is 5.73 Å². The molecule has 0 aromatic carbocycles. The van der Waals surface area contributed by atoms with E-state index in [0.29, 0.717) is 18.5 Å². The van der Waals surface area contributed by atoms with E-state index >= 15 is 0 Å². The van der Waals surface area contributed by atoms with Crippen LogP contribution in [0.3, 0.4) is 0 Å². The number of rotatable bonds is 4. The molecule has 0 radical (unpaired) electrons. The Kier molecular flexibility index (Phi) is 5.72. The Labute approximate surface area is 119 Å². The first-order valence-corrected chi connectivity index (χ1v) is 7.20. The predicted octanol–water partition coefficient (Wildman–Crippen LogP) is 0.818. The van der Waals surface area contributed by atoms with Crippen LogP contribution >= 0.6 is 12.2 Å². The van der Waals surface area contributed by atoms with Gasteiger partial charge in [-0.05, 0) is 18.3 Å². The summed E-state index contributed by atoms with van der Waals surface area (Å²) in [6, 6.07) is 0. The fraction of sp³-hybridized carbons (Fsp3) is 0.769. The minimum absolute atomic E-state index is 0.0710. The van der Waals surface area contributed by atoms with Crippen molar-refractivity contribution in [3.63, 3.8) is 0 Å². The van der Waals surface area contributed by atoms with Gasteiger partial charge in [0.2, 0.25) is 0 Å². The predicted molar refractivity (Wildman–Crippen MR) is 78.6 cm³/mol. The zero-order valence-electron chi connectivity index (χ0n) is 11.7. The average molecular weight is 285 g/mol. The lowest BCUT2D eigenvalue weighted by Gasteiger charge is -2.40. The van der Waals surface area contributed by atoms with Gasteiger partial charge in [-0.3, -0.25) is 9.59 Å². The lowest BCUT2D eigenvalue weighted by Crippen LogP contribution is -2.49. The molecule has 0 atom stereocenters. The van der Waals surface area contributed by atoms with Crippen molar-refractivity contribution in [2.45, 2.75) is 39.5 Å². The molecule has 0 aromatic heterocycles. The molecule has 3 N–H and O–H groups in total. The lowest BCUT2D eigenvalue weighted by atomic mass is 9.74. The zero-order valence-corrected chi connectivity index (χ0v) is 12.5. The molecule has 1 saturated heterocycles. The number of nitrogens with two attached hydrogens (primary N) is 1. The van der Waals surface area contributed by atoms with Gasteiger partial charge in [-0.15, -0.1) is 0 Å². The topological polar surface area (TPSA) is 75.4 Å². The quantitative estimate of drug-likeness (QED) is 0.592. The zero-order chi connectivity index (χ0) is 14.5. The molecule has 19 heavy (non-hydrogen) atoms. The number of hydrogen-bond donors (Lipinski definition) is 2. The maximum atomic E-state index is 11.9. The van der Waals surface area contributed by atoms with Crippen molar-refractivity contribution in [3.05, 3.63) is 0 Å². The van der Waals surface area contributed by atoms with Crippen molar-refractivity contribution in [2.24, 2.45) is 11.1 Å². The molecule has 1 rings (SSSR count). The highest BCUT2D eigenvalue weighted by Gasteiger charge is 2.34. The Morgan fingerprint density at radius 2 is 1.79 bits per heavy atom. The van der Waals surface area contributed by atoms with Crippen LogP contribution in [0.1, 0.15) is 39.5 Å². The number of carbonyl (C=O) groups is 2. The second-order valence-electron chi connectivity index (χ2n) is 5.15. The van der Waals surface area contributed by atoms with Gasteiger partial charge in [-0.25, -0.2) is 0 Å². The van der Waals surface area contributed by atoms with Gasteiger partial charge in [0.05, 0.1) is 11.5 Å². The van der Waals surface area contributed by atoms with E-state index < -0.39 is 11.8 Å². The monoisotopic (exact) mass is 285 g/mol. The van der Waals surface area contributed by atoms with Crippen molar-refractivity contribution < 1.29 is 9.59 Å². The summed E-state index contributed by atoms with van der Waals surface area (Å²) in [6.07, 6.45) is 4.18. The van der Waals surface area contributed by atoms with Gasteiger partial charge in [0.1, 0.15) is 0 Å². The van der Waals surface area contributed by atoms with Gasteiger partial charge in [0, 0.05) is 13.1 Å². The highest BCUT2D eigenvalue weighted by Crippen LogP contribution is 2.37. The van der Waals surface area contributed by atoms with Gasteiger partial charge < -0.3 is 16.0 Å². The smallest absolute Gasteiger partial charge is 0.311 e. The summed E-state index contributed by atoms with van der Waals surface area (Å²) in [5, 5.41) is 2.43. The first kappa shape index (κ1) is 15.9. The van der Waals surface area contributed by atoms with Gasteiger partial charge >= 0.3 is 11.8 Å². The minimum atomic E-state index is -0.617. The second-order valence-corrected chi connectivity index (χ2v) is 5.67. The molecule has 2 amide bonds. The average Bonchev–Trinajstić information content (AvgIpc) is 2.44. The molecule has 6 heteroatoms. The van der Waals surface area contributed by atoms with Crippen LogP contribution in [0.4, 0.5) is 0 Å². The lowest BCUT2D eigenvalue weighted by molar-refractivity contribution is -0.147. The molecule has 108 valence electrons. The molecule has 1 aliphatic rings.